The molecule has 10 heteroatoms. The van der Waals surface area contributed by atoms with Crippen molar-refractivity contribution in [3.05, 3.63) is 35.1 Å². The van der Waals surface area contributed by atoms with E-state index in [1.165, 1.54) is 18.4 Å². The lowest BCUT2D eigenvalue weighted by atomic mass is 10.0. The lowest BCUT2D eigenvalue weighted by Gasteiger charge is -2.32. The van der Waals surface area contributed by atoms with E-state index in [9.17, 15) is 0 Å². The topological polar surface area (TPSA) is 103 Å². The van der Waals surface area contributed by atoms with E-state index >= 15 is 4.39 Å². The second-order valence-corrected chi connectivity index (χ2v) is 9.00. The third-order valence-electron chi connectivity index (χ3n) is 5.49. The highest BCUT2D eigenvalue weighted by molar-refractivity contribution is 7.22. The number of nitrogens with zero attached hydrogens (tertiary/aromatic N) is 4. The molecule has 3 heterocycles. The molecule has 1 aliphatic heterocycles. The van der Waals surface area contributed by atoms with Gasteiger partial charge in [0.15, 0.2) is 10.9 Å². The number of halogens is 2. The summed E-state index contributed by atoms with van der Waals surface area (Å²) < 4.78 is 22.1. The maximum absolute atomic E-state index is 16.0. The van der Waals surface area contributed by atoms with Gasteiger partial charge in [0.1, 0.15) is 11.3 Å². The number of ether oxygens (including phenoxy) is 1. The van der Waals surface area contributed by atoms with Crippen LogP contribution in [-0.2, 0) is 0 Å². The second kappa shape index (κ2) is 7.74. The van der Waals surface area contributed by atoms with Gasteiger partial charge in [0.05, 0.1) is 22.3 Å². The molecule has 4 aromatic rings. The summed E-state index contributed by atoms with van der Waals surface area (Å²) in [6.07, 6.45) is 1.87. The van der Waals surface area contributed by atoms with Crippen molar-refractivity contribution < 1.29 is 9.13 Å². The minimum atomic E-state index is -0.551. The van der Waals surface area contributed by atoms with Gasteiger partial charge < -0.3 is 21.1 Å². The van der Waals surface area contributed by atoms with Crippen LogP contribution in [-0.4, -0.2) is 41.2 Å². The smallest absolute Gasteiger partial charge is 0.318 e. The number of hydrogen-bond acceptors (Lipinski definition) is 8. The van der Waals surface area contributed by atoms with Crippen LogP contribution in [0.3, 0.4) is 0 Å². The molecule has 1 unspecified atom stereocenters. The highest BCUT2D eigenvalue weighted by Gasteiger charge is 2.26. The molecule has 1 saturated heterocycles. The first-order valence-electron chi connectivity index (χ1n) is 9.86. The van der Waals surface area contributed by atoms with Crippen molar-refractivity contribution in [1.29, 1.82) is 0 Å². The zero-order valence-corrected chi connectivity index (χ0v) is 18.3. The predicted octanol–water partition coefficient (Wildman–Crippen LogP) is 4.22. The van der Waals surface area contributed by atoms with Crippen molar-refractivity contribution in [1.82, 2.24) is 15.0 Å². The van der Waals surface area contributed by atoms with E-state index in [1.807, 2.05) is 17.0 Å². The van der Waals surface area contributed by atoms with Crippen LogP contribution in [0.25, 0.3) is 32.2 Å². The Hall–Kier alpha value is -2.75. The highest BCUT2D eigenvalue weighted by atomic mass is 35.5. The molecule has 0 saturated carbocycles. The van der Waals surface area contributed by atoms with Gasteiger partial charge >= 0.3 is 6.01 Å². The van der Waals surface area contributed by atoms with Crippen LogP contribution in [0.5, 0.6) is 6.01 Å². The number of rotatable bonds is 3. The Balaban J connectivity index is 1.77. The van der Waals surface area contributed by atoms with Gasteiger partial charge in [-0.05, 0) is 25.0 Å². The van der Waals surface area contributed by atoms with Gasteiger partial charge in [0, 0.05) is 35.6 Å². The van der Waals surface area contributed by atoms with Crippen LogP contribution < -0.4 is 21.1 Å². The highest BCUT2D eigenvalue weighted by Crippen LogP contribution is 2.42. The Bertz CT molecular complexity index is 1310. The molecule has 2 aromatic heterocycles. The summed E-state index contributed by atoms with van der Waals surface area (Å²) in [5, 5.41) is 1.18. The molecule has 0 bridgehead atoms. The van der Waals surface area contributed by atoms with Gasteiger partial charge in [-0.1, -0.05) is 35.1 Å². The normalized spacial score (nSPS) is 16.9. The number of nitrogen functional groups attached to an aromatic ring is 1. The van der Waals surface area contributed by atoms with Crippen molar-refractivity contribution in [2.24, 2.45) is 5.73 Å². The molecule has 0 radical (unpaired) electrons. The van der Waals surface area contributed by atoms with Crippen LogP contribution in [0.15, 0.2) is 24.3 Å². The van der Waals surface area contributed by atoms with Crippen molar-refractivity contribution in [2.75, 3.05) is 30.8 Å². The minimum Gasteiger partial charge on any atom is -0.467 e. The number of fused-ring (bicyclic) bond motifs is 2. The number of methoxy groups -OCH3 is 1. The predicted molar refractivity (Wildman–Crippen MR) is 124 cm³/mol. The van der Waals surface area contributed by atoms with E-state index in [1.54, 1.807) is 12.1 Å². The minimum absolute atomic E-state index is 0.0251. The second-order valence-electron chi connectivity index (χ2n) is 7.53. The Labute approximate surface area is 186 Å². The first-order valence-corrected chi connectivity index (χ1v) is 11.1. The average Bonchev–Trinajstić information content (AvgIpc) is 3.14. The molecule has 5 rings (SSSR count). The lowest BCUT2D eigenvalue weighted by Crippen LogP contribution is -2.43. The van der Waals surface area contributed by atoms with Crippen LogP contribution in [0, 0.1) is 5.82 Å². The summed E-state index contributed by atoms with van der Waals surface area (Å²) in [5.41, 5.74) is 13.6. The van der Waals surface area contributed by atoms with Crippen LogP contribution in [0.2, 0.25) is 5.02 Å². The third kappa shape index (κ3) is 3.42. The monoisotopic (exact) mass is 458 g/mol. The van der Waals surface area contributed by atoms with Gasteiger partial charge in [-0.2, -0.15) is 9.97 Å². The molecule has 160 valence electrons. The molecule has 4 N–H and O–H groups in total. The van der Waals surface area contributed by atoms with E-state index in [0.29, 0.717) is 34.0 Å². The number of piperidine rings is 1. The summed E-state index contributed by atoms with van der Waals surface area (Å²) in [6, 6.07) is 7.32. The first kappa shape index (κ1) is 20.2. The Morgan fingerprint density at radius 1 is 1.26 bits per heavy atom. The molecule has 7 nitrogen and oxygen atoms in total. The Morgan fingerprint density at radius 2 is 2.10 bits per heavy atom. The summed E-state index contributed by atoms with van der Waals surface area (Å²) >= 11 is 7.98. The number of benzene rings is 2. The van der Waals surface area contributed by atoms with Gasteiger partial charge in [0.2, 0.25) is 0 Å². The van der Waals surface area contributed by atoms with E-state index in [2.05, 4.69) is 15.0 Å². The Morgan fingerprint density at radius 3 is 2.87 bits per heavy atom. The molecular weight excluding hydrogens is 439 g/mol. The fourth-order valence-corrected chi connectivity index (χ4v) is 5.16. The summed E-state index contributed by atoms with van der Waals surface area (Å²) in [4.78, 5) is 15.2. The number of aromatic nitrogens is 3. The van der Waals surface area contributed by atoms with E-state index in [0.717, 1.165) is 24.1 Å². The number of anilines is 2. The number of nitrogens with two attached hydrogens (primary N) is 2. The molecule has 2 aromatic carbocycles. The number of para-hydroxylation sites is 1. The van der Waals surface area contributed by atoms with E-state index in [4.69, 9.17) is 27.8 Å². The standard InChI is InChI=1S/C21H20ClFN6OS/c1-30-21-27-18-12(19(28-21)29-7-3-4-10(24)9-29)8-13(22)15(16(18)23)11-5-2-6-14-17(11)26-20(25)31-14/h2,5-6,8,10H,3-4,7,9,24H2,1H3,(H2,25,26). The third-order valence-corrected chi connectivity index (χ3v) is 6.63. The molecule has 1 atom stereocenters. The fraction of sp³-hybridized carbons (Fsp3) is 0.286. The van der Waals surface area contributed by atoms with Crippen LogP contribution in [0.1, 0.15) is 12.8 Å². The van der Waals surface area contributed by atoms with Gasteiger partial charge in [-0.15, -0.1) is 0 Å². The van der Waals surface area contributed by atoms with Crippen LogP contribution in [0.4, 0.5) is 15.3 Å². The molecular formula is C21H20ClFN6OS. The van der Waals surface area contributed by atoms with Crippen molar-refractivity contribution >= 4 is 55.0 Å². The van der Waals surface area contributed by atoms with Crippen molar-refractivity contribution in [3.63, 3.8) is 0 Å². The van der Waals surface area contributed by atoms with E-state index < -0.39 is 5.82 Å². The summed E-state index contributed by atoms with van der Waals surface area (Å²) in [6.45, 7) is 1.38. The largest absolute Gasteiger partial charge is 0.467 e. The molecule has 0 spiro atoms. The molecule has 31 heavy (non-hydrogen) atoms. The molecule has 0 amide bonds. The zero-order chi connectivity index (χ0) is 21.7. The first-order chi connectivity index (χ1) is 15.0. The molecule has 1 fully saturated rings. The zero-order valence-electron chi connectivity index (χ0n) is 16.7. The van der Waals surface area contributed by atoms with Gasteiger partial charge in [-0.3, -0.25) is 0 Å². The van der Waals surface area contributed by atoms with Gasteiger partial charge in [-0.25, -0.2) is 9.37 Å². The molecule has 1 aliphatic rings. The van der Waals surface area contributed by atoms with Crippen LogP contribution >= 0.6 is 22.9 Å². The fourth-order valence-electron chi connectivity index (χ4n) is 4.11. The van der Waals surface area contributed by atoms with Crippen molar-refractivity contribution in [3.8, 4) is 17.1 Å². The molecule has 0 aliphatic carbocycles. The summed E-state index contributed by atoms with van der Waals surface area (Å²) in [5.74, 6) is 0.0188. The maximum Gasteiger partial charge on any atom is 0.318 e. The van der Waals surface area contributed by atoms with E-state index in [-0.39, 0.29) is 28.2 Å². The average molecular weight is 459 g/mol. The maximum atomic E-state index is 16.0. The quantitative estimate of drug-likeness (QED) is 0.473. The van der Waals surface area contributed by atoms with Crippen molar-refractivity contribution in [2.45, 2.75) is 18.9 Å². The Kier molecular flexibility index (Phi) is 5.04. The number of hydrogen-bond donors (Lipinski definition) is 2. The lowest BCUT2D eigenvalue weighted by molar-refractivity contribution is 0.380. The SMILES string of the molecule is COc1nc(N2CCCC(N)C2)c2cc(Cl)c(-c3cccc4sc(N)nc34)c(F)c2n1. The number of thiazole rings is 1. The van der Waals surface area contributed by atoms with Gasteiger partial charge in [0.25, 0.3) is 0 Å². The summed E-state index contributed by atoms with van der Waals surface area (Å²) in [7, 11) is 1.46.